The van der Waals surface area contributed by atoms with E-state index in [1.807, 2.05) is 13.8 Å². The van der Waals surface area contributed by atoms with Crippen LogP contribution in [-0.4, -0.2) is 26.0 Å². The van der Waals surface area contributed by atoms with Crippen molar-refractivity contribution in [1.29, 1.82) is 0 Å². The van der Waals surface area contributed by atoms with Gasteiger partial charge in [-0.25, -0.2) is 8.42 Å². The molecule has 0 spiro atoms. The average Bonchev–Trinajstić information content (AvgIpc) is 3.22. The summed E-state index contributed by atoms with van der Waals surface area (Å²) in [7, 11) is -4.01. The summed E-state index contributed by atoms with van der Waals surface area (Å²) in [6.07, 6.45) is 1.32. The topological polar surface area (TPSA) is 97.0 Å². The third-order valence-corrected chi connectivity index (χ3v) is 8.35. The van der Waals surface area contributed by atoms with E-state index in [0.717, 1.165) is 10.9 Å². The van der Waals surface area contributed by atoms with Gasteiger partial charge in [-0.3, -0.25) is 9.10 Å². The molecule has 0 unspecified atom stereocenters. The number of carboxylic acids is 1. The maximum atomic E-state index is 13.6. The van der Waals surface area contributed by atoms with E-state index < -0.39 is 16.0 Å². The van der Waals surface area contributed by atoms with Gasteiger partial charge in [-0.15, -0.1) is 0 Å². The number of ether oxygens (including phenoxy) is 1. The summed E-state index contributed by atoms with van der Waals surface area (Å²) in [5.74, 6) is -0.321. The molecule has 1 N–H and O–H groups in total. The fourth-order valence-corrected chi connectivity index (χ4v) is 6.62. The van der Waals surface area contributed by atoms with Crippen molar-refractivity contribution in [3.05, 3.63) is 88.1 Å². The molecule has 3 aromatic carbocycles. The van der Waals surface area contributed by atoms with E-state index in [1.165, 1.54) is 22.7 Å². The quantitative estimate of drug-likeness (QED) is 0.228. The van der Waals surface area contributed by atoms with Gasteiger partial charge in [-0.2, -0.15) is 0 Å². The number of furan rings is 1. The lowest BCUT2D eigenvalue weighted by molar-refractivity contribution is -0.136. The third-order valence-electron chi connectivity index (χ3n) is 5.60. The number of carboxylic acid groups (broad SMARTS) is 1. The number of nitrogens with zero attached hydrogens (tertiary/aromatic N) is 1. The van der Waals surface area contributed by atoms with E-state index in [4.69, 9.17) is 37.5 Å². The van der Waals surface area contributed by atoms with Crippen molar-refractivity contribution in [2.24, 2.45) is 5.92 Å². The van der Waals surface area contributed by atoms with Crippen molar-refractivity contribution in [2.75, 3.05) is 10.8 Å². The Balaban J connectivity index is 1.53. The Morgan fingerprint density at radius 3 is 2.35 bits per heavy atom. The molecule has 0 aliphatic carbocycles. The molecule has 0 atom stereocenters. The van der Waals surface area contributed by atoms with Crippen LogP contribution in [0.5, 0.6) is 5.75 Å². The van der Waals surface area contributed by atoms with Crippen LogP contribution >= 0.6 is 23.2 Å². The first kappa shape index (κ1) is 26.9. The van der Waals surface area contributed by atoms with E-state index in [1.54, 1.807) is 48.5 Å². The van der Waals surface area contributed by atoms with Crippen LogP contribution in [0.4, 0.5) is 5.69 Å². The lowest BCUT2D eigenvalue weighted by Crippen LogP contribution is -2.34. The average molecular weight is 562 g/mol. The van der Waals surface area contributed by atoms with Crippen LogP contribution in [-0.2, 0) is 27.8 Å². The van der Waals surface area contributed by atoms with Crippen molar-refractivity contribution >= 4 is 55.9 Å². The minimum atomic E-state index is -4.01. The van der Waals surface area contributed by atoms with Gasteiger partial charge in [0, 0.05) is 23.6 Å². The Labute approximate surface area is 225 Å². The van der Waals surface area contributed by atoms with E-state index in [0.29, 0.717) is 22.6 Å². The monoisotopic (exact) mass is 561 g/mol. The summed E-state index contributed by atoms with van der Waals surface area (Å²) in [5, 5.41) is 9.87. The van der Waals surface area contributed by atoms with Gasteiger partial charge in [0.15, 0.2) is 0 Å². The smallest absolute Gasteiger partial charge is 0.307 e. The third kappa shape index (κ3) is 6.04. The second-order valence-corrected chi connectivity index (χ2v) is 11.5. The van der Waals surface area contributed by atoms with Crippen LogP contribution in [0.15, 0.2) is 76.2 Å². The predicted molar refractivity (Wildman–Crippen MR) is 144 cm³/mol. The number of rotatable bonds is 10. The van der Waals surface area contributed by atoms with E-state index in [2.05, 4.69) is 0 Å². The molecule has 10 heteroatoms. The zero-order chi connectivity index (χ0) is 26.7. The van der Waals surface area contributed by atoms with E-state index >= 15 is 0 Å². The molecule has 0 saturated heterocycles. The number of hydrogen-bond donors (Lipinski definition) is 1. The van der Waals surface area contributed by atoms with Crippen molar-refractivity contribution in [3.63, 3.8) is 0 Å². The van der Waals surface area contributed by atoms with Gasteiger partial charge in [0.1, 0.15) is 22.8 Å². The lowest BCUT2D eigenvalue weighted by Gasteiger charge is -2.27. The molecular weight excluding hydrogens is 537 g/mol. The highest BCUT2D eigenvalue weighted by Gasteiger charge is 2.30. The zero-order valence-electron chi connectivity index (χ0n) is 20.1. The number of fused-ring (bicyclic) bond motifs is 1. The molecule has 194 valence electrons. The molecule has 0 saturated carbocycles. The predicted octanol–water partition coefficient (Wildman–Crippen LogP) is 6.80. The number of aliphatic carboxylic acids is 1. The molecule has 1 heterocycles. The number of anilines is 1. The van der Waals surface area contributed by atoms with E-state index in [9.17, 15) is 13.2 Å². The largest absolute Gasteiger partial charge is 0.489 e. The van der Waals surface area contributed by atoms with Crippen LogP contribution in [0.25, 0.3) is 11.0 Å². The molecule has 0 bridgehead atoms. The second-order valence-electron chi connectivity index (χ2n) is 8.93. The first-order valence-corrected chi connectivity index (χ1v) is 13.7. The Hall–Kier alpha value is -3.20. The minimum Gasteiger partial charge on any atom is -0.489 e. The highest BCUT2D eigenvalue weighted by molar-refractivity contribution is 7.93. The summed E-state index contributed by atoms with van der Waals surface area (Å²) in [6, 6.07) is 16.9. The summed E-state index contributed by atoms with van der Waals surface area (Å²) in [6.45, 7) is 4.34. The van der Waals surface area contributed by atoms with Crippen LogP contribution in [0.2, 0.25) is 10.0 Å². The van der Waals surface area contributed by atoms with Gasteiger partial charge >= 0.3 is 5.97 Å². The maximum Gasteiger partial charge on any atom is 0.307 e. The number of halogens is 2. The zero-order valence-corrected chi connectivity index (χ0v) is 22.5. The molecule has 0 aliphatic heterocycles. The van der Waals surface area contributed by atoms with Crippen molar-refractivity contribution in [2.45, 2.75) is 31.8 Å². The molecule has 4 aromatic rings. The van der Waals surface area contributed by atoms with Gasteiger partial charge < -0.3 is 14.3 Å². The summed E-state index contributed by atoms with van der Waals surface area (Å²) >= 11 is 12.5. The van der Waals surface area contributed by atoms with Gasteiger partial charge in [0.25, 0.3) is 10.0 Å². The number of benzene rings is 3. The first-order chi connectivity index (χ1) is 17.6. The van der Waals surface area contributed by atoms with Crippen LogP contribution < -0.4 is 9.04 Å². The molecule has 37 heavy (non-hydrogen) atoms. The molecule has 0 fully saturated rings. The first-order valence-electron chi connectivity index (χ1n) is 11.5. The van der Waals surface area contributed by atoms with Crippen molar-refractivity contribution in [1.82, 2.24) is 0 Å². The summed E-state index contributed by atoms with van der Waals surface area (Å²) in [5.41, 5.74) is 2.45. The van der Waals surface area contributed by atoms with E-state index in [-0.39, 0.29) is 40.4 Å². The molecule has 0 radical (unpaired) electrons. The second kappa shape index (κ2) is 11.0. The Morgan fingerprint density at radius 2 is 1.73 bits per heavy atom. The van der Waals surface area contributed by atoms with Crippen LogP contribution in [0.1, 0.15) is 25.0 Å². The molecule has 7 nitrogen and oxygen atoms in total. The standard InChI is InChI=1S/C27H25Cl2NO6S/c1-17(2)14-30(37(33,34)27-23(28)4-3-5-24(27)29)20-8-6-18(7-9-20)15-35-21-10-11-22-19(12-26(31)32)16-36-25(22)13-21/h3-11,13,16-17H,12,14-15H2,1-2H3,(H,31,32). The molecule has 4 rings (SSSR count). The normalized spacial score (nSPS) is 11.7. The highest BCUT2D eigenvalue weighted by Crippen LogP contribution is 2.34. The van der Waals surface area contributed by atoms with Gasteiger partial charge in [-0.05, 0) is 47.9 Å². The minimum absolute atomic E-state index is 0.0478. The number of carbonyl (C=O) groups is 1. The highest BCUT2D eigenvalue weighted by atomic mass is 35.5. The Bertz CT molecular complexity index is 1510. The summed E-state index contributed by atoms with van der Waals surface area (Å²) in [4.78, 5) is 10.9. The molecule has 0 aliphatic rings. The lowest BCUT2D eigenvalue weighted by atomic mass is 10.1. The SMILES string of the molecule is CC(C)CN(c1ccc(COc2ccc3c(CC(=O)O)coc3c2)cc1)S(=O)(=O)c1c(Cl)cccc1Cl. The molecular formula is C27H25Cl2NO6S. The summed E-state index contributed by atoms with van der Waals surface area (Å²) < 4.78 is 39.8. The molecule has 1 aromatic heterocycles. The van der Waals surface area contributed by atoms with Crippen LogP contribution in [0.3, 0.4) is 0 Å². The Kier molecular flexibility index (Phi) is 8.02. The fraction of sp³-hybridized carbons (Fsp3) is 0.222. The van der Waals surface area contributed by atoms with Crippen LogP contribution in [0, 0.1) is 5.92 Å². The Morgan fingerprint density at radius 1 is 1.05 bits per heavy atom. The number of sulfonamides is 1. The van der Waals surface area contributed by atoms with Crippen molar-refractivity contribution < 1.29 is 27.5 Å². The van der Waals surface area contributed by atoms with Gasteiger partial charge in [-0.1, -0.05) is 55.2 Å². The fourth-order valence-electron chi connectivity index (χ4n) is 3.89. The van der Waals surface area contributed by atoms with Crippen molar-refractivity contribution in [3.8, 4) is 5.75 Å². The van der Waals surface area contributed by atoms with Gasteiger partial charge in [0.2, 0.25) is 0 Å². The molecule has 0 amide bonds. The van der Waals surface area contributed by atoms with Gasteiger partial charge in [0.05, 0.1) is 28.4 Å². The number of hydrogen-bond acceptors (Lipinski definition) is 5. The maximum absolute atomic E-state index is 13.6.